The van der Waals surface area contributed by atoms with E-state index < -0.39 is 0 Å². The maximum atomic E-state index is 4.79. The second-order valence-electron chi connectivity index (χ2n) is 5.70. The molecular formula is C17H23N3. The fraction of sp³-hybridized carbons (Fsp3) is 0.471. The molecule has 2 aliphatic heterocycles. The number of hydrogen-bond acceptors (Lipinski definition) is 3. The molecule has 0 unspecified atom stereocenters. The molecule has 0 atom stereocenters. The molecule has 1 fully saturated rings. The number of nitrogens with zero attached hydrogens (tertiary/aromatic N) is 3. The van der Waals surface area contributed by atoms with E-state index in [2.05, 4.69) is 47.6 Å². The van der Waals surface area contributed by atoms with Gasteiger partial charge in [-0.25, -0.2) is 0 Å². The van der Waals surface area contributed by atoms with E-state index in [0.29, 0.717) is 0 Å². The Morgan fingerprint density at radius 2 is 1.75 bits per heavy atom. The van der Waals surface area contributed by atoms with Crippen LogP contribution in [0.3, 0.4) is 0 Å². The van der Waals surface area contributed by atoms with E-state index in [4.69, 9.17) is 4.99 Å². The lowest BCUT2D eigenvalue weighted by molar-refractivity contribution is 0.404. The average molecular weight is 269 g/mol. The van der Waals surface area contributed by atoms with E-state index in [-0.39, 0.29) is 0 Å². The maximum absolute atomic E-state index is 4.79. The number of likely N-dealkylation sites (tertiary alicyclic amines) is 1. The number of guanidine groups is 1. The molecule has 0 aliphatic carbocycles. The van der Waals surface area contributed by atoms with Crippen molar-refractivity contribution in [2.45, 2.75) is 32.6 Å². The SMILES string of the molecule is C=C1CCCCN1C1=NCCCN1c1ccc(C)cc1. The summed E-state index contributed by atoms with van der Waals surface area (Å²) in [6, 6.07) is 8.74. The topological polar surface area (TPSA) is 18.8 Å². The Bertz CT molecular complexity index is 516. The molecule has 1 aromatic carbocycles. The van der Waals surface area contributed by atoms with Crippen molar-refractivity contribution in [2.24, 2.45) is 4.99 Å². The van der Waals surface area contributed by atoms with Crippen LogP contribution in [0.1, 0.15) is 31.2 Å². The lowest BCUT2D eigenvalue weighted by Crippen LogP contribution is -2.48. The Morgan fingerprint density at radius 1 is 1.00 bits per heavy atom. The zero-order valence-corrected chi connectivity index (χ0v) is 12.3. The van der Waals surface area contributed by atoms with Crippen LogP contribution in [0.15, 0.2) is 41.5 Å². The monoisotopic (exact) mass is 269 g/mol. The normalized spacial score (nSPS) is 20.1. The first-order valence-corrected chi connectivity index (χ1v) is 7.60. The van der Waals surface area contributed by atoms with Gasteiger partial charge in [0.1, 0.15) is 0 Å². The number of aryl methyl sites for hydroxylation is 1. The van der Waals surface area contributed by atoms with Crippen LogP contribution in [0.25, 0.3) is 0 Å². The smallest absolute Gasteiger partial charge is 0.205 e. The Labute approximate surface area is 121 Å². The number of benzene rings is 1. The first-order chi connectivity index (χ1) is 9.75. The van der Waals surface area contributed by atoms with Crippen molar-refractivity contribution in [2.75, 3.05) is 24.5 Å². The molecule has 0 N–H and O–H groups in total. The molecule has 3 rings (SSSR count). The standard InChI is InChI=1S/C17H23N3/c1-14-7-9-16(10-8-14)20-13-5-11-18-17(20)19-12-4-3-6-15(19)2/h7-10H,2-6,11-13H2,1H3. The molecular weight excluding hydrogens is 246 g/mol. The highest BCUT2D eigenvalue weighted by molar-refractivity contribution is 5.97. The van der Waals surface area contributed by atoms with Gasteiger partial charge in [-0.3, -0.25) is 4.99 Å². The van der Waals surface area contributed by atoms with E-state index in [9.17, 15) is 0 Å². The second-order valence-corrected chi connectivity index (χ2v) is 5.70. The Balaban J connectivity index is 1.88. The molecule has 2 heterocycles. The molecule has 0 amide bonds. The van der Waals surface area contributed by atoms with Gasteiger partial charge in [-0.05, 0) is 44.7 Å². The molecule has 20 heavy (non-hydrogen) atoms. The predicted molar refractivity (Wildman–Crippen MR) is 85.1 cm³/mol. The highest BCUT2D eigenvalue weighted by atomic mass is 15.4. The first-order valence-electron chi connectivity index (χ1n) is 7.60. The molecule has 106 valence electrons. The molecule has 3 heteroatoms. The fourth-order valence-electron chi connectivity index (χ4n) is 2.93. The van der Waals surface area contributed by atoms with Crippen LogP contribution in [0, 0.1) is 6.92 Å². The van der Waals surface area contributed by atoms with Crippen LogP contribution >= 0.6 is 0 Å². The highest BCUT2D eigenvalue weighted by Crippen LogP contribution is 2.25. The summed E-state index contributed by atoms with van der Waals surface area (Å²) in [7, 11) is 0. The lowest BCUT2D eigenvalue weighted by atomic mass is 10.1. The van der Waals surface area contributed by atoms with E-state index >= 15 is 0 Å². The Kier molecular flexibility index (Phi) is 3.77. The molecule has 0 spiro atoms. The van der Waals surface area contributed by atoms with Gasteiger partial charge in [-0.15, -0.1) is 0 Å². The van der Waals surface area contributed by atoms with Gasteiger partial charge in [0.2, 0.25) is 5.96 Å². The van der Waals surface area contributed by atoms with Crippen molar-refractivity contribution < 1.29 is 0 Å². The minimum absolute atomic E-state index is 0.932. The number of hydrogen-bond donors (Lipinski definition) is 0. The van der Waals surface area contributed by atoms with Crippen LogP contribution < -0.4 is 4.90 Å². The number of allylic oxidation sites excluding steroid dienone is 1. The van der Waals surface area contributed by atoms with Gasteiger partial charge in [-0.2, -0.15) is 0 Å². The summed E-state index contributed by atoms with van der Waals surface area (Å²) in [5.41, 5.74) is 3.76. The fourth-order valence-corrected chi connectivity index (χ4v) is 2.93. The van der Waals surface area contributed by atoms with Crippen molar-refractivity contribution in [1.82, 2.24) is 4.90 Å². The summed E-state index contributed by atoms with van der Waals surface area (Å²) in [5, 5.41) is 0. The zero-order valence-electron chi connectivity index (χ0n) is 12.3. The zero-order chi connectivity index (χ0) is 13.9. The third-order valence-electron chi connectivity index (χ3n) is 4.10. The number of aliphatic imine (C=N–C) groups is 1. The van der Waals surface area contributed by atoms with E-state index in [1.54, 1.807) is 0 Å². The summed E-state index contributed by atoms with van der Waals surface area (Å²) in [6.07, 6.45) is 4.71. The van der Waals surface area contributed by atoms with Crippen molar-refractivity contribution >= 4 is 11.6 Å². The highest BCUT2D eigenvalue weighted by Gasteiger charge is 2.25. The second kappa shape index (κ2) is 5.70. The summed E-state index contributed by atoms with van der Waals surface area (Å²) in [6.45, 7) is 9.39. The Hall–Kier alpha value is -1.77. The minimum atomic E-state index is 0.932. The number of anilines is 1. The molecule has 3 nitrogen and oxygen atoms in total. The molecule has 0 radical (unpaired) electrons. The average Bonchev–Trinajstić information content (AvgIpc) is 2.49. The van der Waals surface area contributed by atoms with Gasteiger partial charge in [-0.1, -0.05) is 24.3 Å². The molecule has 1 aromatic rings. The van der Waals surface area contributed by atoms with Crippen LogP contribution in [0.4, 0.5) is 5.69 Å². The molecule has 2 aliphatic rings. The van der Waals surface area contributed by atoms with E-state index in [1.165, 1.54) is 29.8 Å². The van der Waals surface area contributed by atoms with E-state index in [0.717, 1.165) is 38.4 Å². The van der Waals surface area contributed by atoms with Crippen molar-refractivity contribution in [3.63, 3.8) is 0 Å². The predicted octanol–water partition coefficient (Wildman–Crippen LogP) is 3.56. The van der Waals surface area contributed by atoms with Crippen LogP contribution in [-0.2, 0) is 0 Å². The minimum Gasteiger partial charge on any atom is -0.317 e. The van der Waals surface area contributed by atoms with E-state index in [1.807, 2.05) is 0 Å². The van der Waals surface area contributed by atoms with Crippen LogP contribution in [0.2, 0.25) is 0 Å². The maximum Gasteiger partial charge on any atom is 0.205 e. The summed E-state index contributed by atoms with van der Waals surface area (Å²) in [4.78, 5) is 9.46. The van der Waals surface area contributed by atoms with Gasteiger partial charge in [0.05, 0.1) is 0 Å². The number of piperidine rings is 1. The summed E-state index contributed by atoms with van der Waals surface area (Å²) < 4.78 is 0. The van der Waals surface area contributed by atoms with Crippen molar-refractivity contribution in [1.29, 1.82) is 0 Å². The molecule has 0 saturated carbocycles. The first kappa shape index (κ1) is 13.2. The Morgan fingerprint density at radius 3 is 2.50 bits per heavy atom. The summed E-state index contributed by atoms with van der Waals surface area (Å²) in [5.74, 6) is 1.10. The van der Waals surface area contributed by atoms with Gasteiger partial charge in [0.15, 0.2) is 0 Å². The molecule has 1 saturated heterocycles. The molecule has 0 bridgehead atoms. The van der Waals surface area contributed by atoms with Gasteiger partial charge < -0.3 is 9.80 Å². The van der Waals surface area contributed by atoms with Gasteiger partial charge in [0.25, 0.3) is 0 Å². The van der Waals surface area contributed by atoms with Crippen LogP contribution in [-0.4, -0.2) is 30.5 Å². The quantitative estimate of drug-likeness (QED) is 0.776. The van der Waals surface area contributed by atoms with Crippen LogP contribution in [0.5, 0.6) is 0 Å². The summed E-state index contributed by atoms with van der Waals surface area (Å²) >= 11 is 0. The third-order valence-corrected chi connectivity index (χ3v) is 4.10. The van der Waals surface area contributed by atoms with Gasteiger partial charge in [0, 0.05) is 31.0 Å². The van der Waals surface area contributed by atoms with Gasteiger partial charge >= 0.3 is 0 Å². The third kappa shape index (κ3) is 2.58. The largest absolute Gasteiger partial charge is 0.317 e. The van der Waals surface area contributed by atoms with Crippen molar-refractivity contribution in [3.8, 4) is 0 Å². The number of rotatable bonds is 1. The molecule has 0 aromatic heterocycles. The lowest BCUT2D eigenvalue weighted by Gasteiger charge is -2.39. The van der Waals surface area contributed by atoms with Crippen molar-refractivity contribution in [3.05, 3.63) is 42.1 Å².